The first-order valence-corrected chi connectivity index (χ1v) is 9.00. The molecule has 6 heteroatoms. The van der Waals surface area contributed by atoms with Crippen molar-refractivity contribution in [2.45, 2.75) is 25.9 Å². The van der Waals surface area contributed by atoms with Crippen LogP contribution in [0.5, 0.6) is 5.75 Å². The van der Waals surface area contributed by atoms with Crippen molar-refractivity contribution in [2.24, 2.45) is 0 Å². The predicted molar refractivity (Wildman–Crippen MR) is 81.9 cm³/mol. The molecule has 1 aromatic rings. The molecule has 0 unspecified atom stereocenters. The molecule has 1 heterocycles. The number of hydrogen-bond donors (Lipinski definition) is 0. The van der Waals surface area contributed by atoms with Gasteiger partial charge in [-0.3, -0.25) is 0 Å². The van der Waals surface area contributed by atoms with Crippen LogP contribution in [0, 0.1) is 0 Å². The molecule has 0 spiro atoms. The van der Waals surface area contributed by atoms with Gasteiger partial charge in [-0.05, 0) is 31.9 Å². The minimum Gasteiger partial charge on any atom is -0.492 e. The summed E-state index contributed by atoms with van der Waals surface area (Å²) in [6.45, 7) is 3.90. The molecule has 1 aliphatic rings. The highest BCUT2D eigenvalue weighted by molar-refractivity contribution is 7.89. The van der Waals surface area contributed by atoms with Crippen molar-refractivity contribution < 1.29 is 17.9 Å². The van der Waals surface area contributed by atoms with E-state index in [1.807, 2.05) is 37.3 Å². The topological polar surface area (TPSA) is 55.8 Å². The predicted octanol–water partition coefficient (Wildman–Crippen LogP) is 1.90. The molecule has 1 aromatic carbocycles. The molecule has 21 heavy (non-hydrogen) atoms. The largest absolute Gasteiger partial charge is 0.492 e. The molecule has 0 aromatic heterocycles. The van der Waals surface area contributed by atoms with Gasteiger partial charge in [0.15, 0.2) is 0 Å². The van der Waals surface area contributed by atoms with Crippen LogP contribution in [-0.4, -0.2) is 50.9 Å². The maximum absolute atomic E-state index is 12.2. The van der Waals surface area contributed by atoms with Crippen molar-refractivity contribution in [1.29, 1.82) is 0 Å². The molecule has 0 N–H and O–H groups in total. The number of benzene rings is 1. The molecule has 0 aliphatic carbocycles. The van der Waals surface area contributed by atoms with Crippen molar-refractivity contribution in [3.8, 4) is 5.75 Å². The Balaban J connectivity index is 1.77. The molecule has 0 saturated carbocycles. The molecule has 5 nitrogen and oxygen atoms in total. The Morgan fingerprint density at radius 3 is 2.48 bits per heavy atom. The van der Waals surface area contributed by atoms with Crippen LogP contribution < -0.4 is 4.74 Å². The Morgan fingerprint density at radius 1 is 1.19 bits per heavy atom. The fourth-order valence-corrected chi connectivity index (χ4v) is 3.74. The highest BCUT2D eigenvalue weighted by Gasteiger charge is 2.27. The van der Waals surface area contributed by atoms with Gasteiger partial charge in [0.2, 0.25) is 10.0 Å². The second kappa shape index (κ2) is 7.77. The third kappa shape index (κ3) is 4.98. The number of hydrogen-bond acceptors (Lipinski definition) is 4. The molecule has 0 amide bonds. The third-order valence-corrected chi connectivity index (χ3v) is 5.38. The van der Waals surface area contributed by atoms with E-state index in [2.05, 4.69) is 0 Å². The summed E-state index contributed by atoms with van der Waals surface area (Å²) < 4.78 is 37.0. The quantitative estimate of drug-likeness (QED) is 0.771. The lowest BCUT2D eigenvalue weighted by Gasteiger charge is -2.30. The first kappa shape index (κ1) is 16.3. The number of rotatable bonds is 7. The smallest absolute Gasteiger partial charge is 0.217 e. The highest BCUT2D eigenvalue weighted by Crippen LogP contribution is 2.17. The van der Waals surface area contributed by atoms with Gasteiger partial charge >= 0.3 is 0 Å². The molecule has 0 bridgehead atoms. The van der Waals surface area contributed by atoms with Gasteiger partial charge < -0.3 is 9.47 Å². The van der Waals surface area contributed by atoms with Gasteiger partial charge in [0.05, 0.1) is 11.9 Å². The first-order chi connectivity index (χ1) is 10.1. The Morgan fingerprint density at radius 2 is 1.86 bits per heavy atom. The van der Waals surface area contributed by atoms with E-state index in [-0.39, 0.29) is 18.5 Å². The van der Waals surface area contributed by atoms with Crippen LogP contribution in [-0.2, 0) is 14.8 Å². The lowest BCUT2D eigenvalue weighted by atomic mass is 10.1. The number of ether oxygens (including phenoxy) is 2. The van der Waals surface area contributed by atoms with E-state index in [4.69, 9.17) is 9.47 Å². The summed E-state index contributed by atoms with van der Waals surface area (Å²) in [5.41, 5.74) is 0. The van der Waals surface area contributed by atoms with Gasteiger partial charge in [0, 0.05) is 19.7 Å². The van der Waals surface area contributed by atoms with E-state index in [1.165, 1.54) is 0 Å². The first-order valence-electron chi connectivity index (χ1n) is 7.39. The fourth-order valence-electron chi connectivity index (χ4n) is 2.42. The van der Waals surface area contributed by atoms with Crippen molar-refractivity contribution >= 4 is 10.0 Å². The minimum atomic E-state index is -3.24. The highest BCUT2D eigenvalue weighted by atomic mass is 32.2. The van der Waals surface area contributed by atoms with Gasteiger partial charge in [-0.15, -0.1) is 0 Å². The van der Waals surface area contributed by atoms with Crippen LogP contribution in [0.2, 0.25) is 0 Å². The molecule has 0 radical (unpaired) electrons. The molecule has 118 valence electrons. The lowest BCUT2D eigenvalue weighted by Crippen LogP contribution is -2.42. The standard InChI is InChI=1S/C15H23NO4S/c1-2-19-15-8-10-16(11-9-15)21(17,18)13-12-20-14-6-4-3-5-7-14/h3-7,15H,2,8-13H2,1H3. The molecular formula is C15H23NO4S. The van der Waals surface area contributed by atoms with E-state index < -0.39 is 10.0 Å². The molecular weight excluding hydrogens is 290 g/mol. The molecule has 1 fully saturated rings. The lowest BCUT2D eigenvalue weighted by molar-refractivity contribution is 0.0290. The SMILES string of the molecule is CCOC1CCN(S(=O)(=O)CCOc2ccccc2)CC1. The van der Waals surface area contributed by atoms with E-state index >= 15 is 0 Å². The summed E-state index contributed by atoms with van der Waals surface area (Å²) in [6, 6.07) is 9.26. The van der Waals surface area contributed by atoms with Gasteiger partial charge in [-0.25, -0.2) is 12.7 Å². The zero-order valence-corrected chi connectivity index (χ0v) is 13.2. The number of piperidine rings is 1. The van der Waals surface area contributed by atoms with Gasteiger partial charge in [0.25, 0.3) is 0 Å². The van der Waals surface area contributed by atoms with E-state index in [0.717, 1.165) is 12.8 Å². The zero-order valence-electron chi connectivity index (χ0n) is 12.4. The number of nitrogens with zero attached hydrogens (tertiary/aromatic N) is 1. The van der Waals surface area contributed by atoms with E-state index in [0.29, 0.717) is 25.4 Å². The van der Waals surface area contributed by atoms with Crippen molar-refractivity contribution in [1.82, 2.24) is 4.31 Å². The molecule has 1 aliphatic heterocycles. The van der Waals surface area contributed by atoms with E-state index in [1.54, 1.807) is 4.31 Å². The maximum Gasteiger partial charge on any atom is 0.217 e. The van der Waals surface area contributed by atoms with Gasteiger partial charge in [0.1, 0.15) is 12.4 Å². The van der Waals surface area contributed by atoms with Crippen LogP contribution in [0.4, 0.5) is 0 Å². The van der Waals surface area contributed by atoms with Crippen LogP contribution in [0.3, 0.4) is 0 Å². The summed E-state index contributed by atoms with van der Waals surface area (Å²) in [6.07, 6.45) is 1.74. The summed E-state index contributed by atoms with van der Waals surface area (Å²) >= 11 is 0. The monoisotopic (exact) mass is 313 g/mol. The number of sulfonamides is 1. The summed E-state index contributed by atoms with van der Waals surface area (Å²) in [5, 5.41) is 0. The van der Waals surface area contributed by atoms with Gasteiger partial charge in [-0.1, -0.05) is 18.2 Å². The molecule has 1 saturated heterocycles. The Kier molecular flexibility index (Phi) is 6.02. The van der Waals surface area contributed by atoms with Crippen LogP contribution >= 0.6 is 0 Å². The maximum atomic E-state index is 12.2. The van der Waals surface area contributed by atoms with Crippen LogP contribution in [0.15, 0.2) is 30.3 Å². The average molecular weight is 313 g/mol. The Labute approximate surface area is 126 Å². The second-order valence-electron chi connectivity index (χ2n) is 5.03. The van der Waals surface area contributed by atoms with E-state index in [9.17, 15) is 8.42 Å². The Hall–Kier alpha value is -1.11. The van der Waals surface area contributed by atoms with Crippen LogP contribution in [0.25, 0.3) is 0 Å². The normalized spacial score (nSPS) is 17.8. The van der Waals surface area contributed by atoms with Crippen molar-refractivity contribution in [3.05, 3.63) is 30.3 Å². The zero-order chi connectivity index (χ0) is 15.1. The fraction of sp³-hybridized carbons (Fsp3) is 0.600. The number of para-hydroxylation sites is 1. The van der Waals surface area contributed by atoms with Crippen molar-refractivity contribution in [3.63, 3.8) is 0 Å². The third-order valence-electron chi connectivity index (χ3n) is 3.55. The molecule has 2 rings (SSSR count). The van der Waals surface area contributed by atoms with Crippen molar-refractivity contribution in [2.75, 3.05) is 32.1 Å². The second-order valence-corrected chi connectivity index (χ2v) is 7.12. The Bertz CT molecular complexity index is 510. The minimum absolute atomic E-state index is 0.0151. The summed E-state index contributed by atoms with van der Waals surface area (Å²) in [4.78, 5) is 0. The molecule has 0 atom stereocenters. The average Bonchev–Trinajstić information content (AvgIpc) is 2.49. The van der Waals surface area contributed by atoms with Crippen LogP contribution in [0.1, 0.15) is 19.8 Å². The summed E-state index contributed by atoms with van der Waals surface area (Å²) in [7, 11) is -3.24. The van der Waals surface area contributed by atoms with Gasteiger partial charge in [-0.2, -0.15) is 0 Å². The summed E-state index contributed by atoms with van der Waals surface area (Å²) in [5.74, 6) is 0.712.